The topological polar surface area (TPSA) is 43.8 Å². The Kier molecular flexibility index (Phi) is 6.76. The Morgan fingerprint density at radius 3 is 2.48 bits per heavy atom. The molecular weight excluding hydrogens is 330 g/mol. The van der Waals surface area contributed by atoms with Gasteiger partial charge in [0.25, 0.3) is 0 Å². The van der Waals surface area contributed by atoms with Crippen molar-refractivity contribution in [2.24, 2.45) is 5.10 Å². The molecule has 2 fully saturated rings. The predicted molar refractivity (Wildman–Crippen MR) is 107 cm³/mol. The Morgan fingerprint density at radius 2 is 1.84 bits per heavy atom. The molecule has 0 aromatic carbocycles. The summed E-state index contributed by atoms with van der Waals surface area (Å²) >= 11 is 5.53. The first-order valence-electron chi connectivity index (χ1n) is 9.49. The van der Waals surface area contributed by atoms with Crippen molar-refractivity contribution in [1.82, 2.24) is 20.2 Å². The number of pyridine rings is 1. The van der Waals surface area contributed by atoms with E-state index in [-0.39, 0.29) is 0 Å². The summed E-state index contributed by atoms with van der Waals surface area (Å²) in [7, 11) is 0. The minimum Gasteiger partial charge on any atom is -0.345 e. The fourth-order valence-electron chi connectivity index (χ4n) is 3.75. The number of nitrogens with zero attached hydrogens (tertiary/aromatic N) is 4. The zero-order chi connectivity index (χ0) is 17.5. The number of nitrogens with one attached hydrogen (secondary N) is 1. The average Bonchev–Trinajstić information content (AvgIpc) is 2.96. The van der Waals surface area contributed by atoms with Crippen LogP contribution in [0.4, 0.5) is 0 Å². The summed E-state index contributed by atoms with van der Waals surface area (Å²) in [5, 5.41) is 5.12. The van der Waals surface area contributed by atoms with Gasteiger partial charge in [-0.15, -0.1) is 0 Å². The summed E-state index contributed by atoms with van der Waals surface area (Å²) in [5.74, 6) is 0. The van der Waals surface area contributed by atoms with E-state index in [1.54, 1.807) is 6.20 Å². The monoisotopic (exact) mass is 359 g/mol. The van der Waals surface area contributed by atoms with E-state index in [1.807, 2.05) is 25.1 Å². The molecule has 1 N–H and O–H groups in total. The molecule has 1 aromatic heterocycles. The van der Waals surface area contributed by atoms with Crippen LogP contribution >= 0.6 is 12.2 Å². The first-order chi connectivity index (χ1) is 12.2. The maximum Gasteiger partial charge on any atom is 0.189 e. The van der Waals surface area contributed by atoms with E-state index in [4.69, 9.17) is 12.2 Å². The lowest BCUT2D eigenvalue weighted by Gasteiger charge is -2.39. The van der Waals surface area contributed by atoms with Gasteiger partial charge in [0.1, 0.15) is 0 Å². The van der Waals surface area contributed by atoms with Gasteiger partial charge in [-0.25, -0.2) is 0 Å². The van der Waals surface area contributed by atoms with Crippen molar-refractivity contribution >= 4 is 23.0 Å². The number of hydrogen-bond acceptors (Lipinski definition) is 4. The van der Waals surface area contributed by atoms with Crippen LogP contribution in [0.1, 0.15) is 51.1 Å². The molecule has 1 aromatic rings. The zero-order valence-corrected chi connectivity index (χ0v) is 16.0. The molecule has 0 bridgehead atoms. The molecule has 0 atom stereocenters. The summed E-state index contributed by atoms with van der Waals surface area (Å²) in [5.41, 5.74) is 4.76. The lowest BCUT2D eigenvalue weighted by Crippen LogP contribution is -2.53. The number of hydrazone groups is 1. The van der Waals surface area contributed by atoms with Gasteiger partial charge < -0.3 is 4.90 Å². The van der Waals surface area contributed by atoms with Crippen molar-refractivity contribution in [1.29, 1.82) is 0 Å². The molecule has 1 aliphatic heterocycles. The van der Waals surface area contributed by atoms with E-state index >= 15 is 0 Å². The molecule has 136 valence electrons. The van der Waals surface area contributed by atoms with Gasteiger partial charge in [0, 0.05) is 38.4 Å². The van der Waals surface area contributed by atoms with Crippen LogP contribution in [0.15, 0.2) is 29.5 Å². The van der Waals surface area contributed by atoms with E-state index in [1.165, 1.54) is 38.5 Å². The van der Waals surface area contributed by atoms with Crippen LogP contribution < -0.4 is 5.43 Å². The molecule has 3 rings (SSSR count). The van der Waals surface area contributed by atoms with Crippen molar-refractivity contribution in [3.63, 3.8) is 0 Å². The van der Waals surface area contributed by atoms with Crippen molar-refractivity contribution < 1.29 is 0 Å². The summed E-state index contributed by atoms with van der Waals surface area (Å²) in [6, 6.07) is 6.61. The molecule has 2 aliphatic rings. The lowest BCUT2D eigenvalue weighted by molar-refractivity contribution is 0.121. The highest BCUT2D eigenvalue weighted by molar-refractivity contribution is 7.80. The molecule has 0 unspecified atom stereocenters. The second-order valence-electron chi connectivity index (χ2n) is 7.00. The van der Waals surface area contributed by atoms with Crippen molar-refractivity contribution in [2.45, 2.75) is 51.5 Å². The lowest BCUT2D eigenvalue weighted by atomic mass is 10.1. The van der Waals surface area contributed by atoms with E-state index in [0.29, 0.717) is 0 Å². The number of hydrogen-bond donors (Lipinski definition) is 1. The van der Waals surface area contributed by atoms with E-state index in [9.17, 15) is 0 Å². The third-order valence-corrected chi connectivity index (χ3v) is 5.65. The molecule has 5 nitrogen and oxygen atoms in total. The van der Waals surface area contributed by atoms with Gasteiger partial charge in [0.15, 0.2) is 5.11 Å². The van der Waals surface area contributed by atoms with Crippen molar-refractivity contribution in [3.05, 3.63) is 30.1 Å². The quantitative estimate of drug-likeness (QED) is 0.389. The number of thiocarbonyl (C=S) groups is 1. The number of piperazine rings is 1. The fraction of sp³-hybridized carbons (Fsp3) is 0.632. The first kappa shape index (κ1) is 18.3. The van der Waals surface area contributed by atoms with Gasteiger partial charge in [0.2, 0.25) is 0 Å². The van der Waals surface area contributed by atoms with Crippen LogP contribution in [0, 0.1) is 0 Å². The Morgan fingerprint density at radius 1 is 1.12 bits per heavy atom. The standard InChI is InChI=1S/C19H29N5S/c1-16(18-10-6-7-11-20-18)21-22-19(25)24-14-12-23(13-15-24)17-8-4-2-3-5-9-17/h6-7,10-11,17H,2-5,8-9,12-15H2,1H3,(H,22,25). The van der Waals surface area contributed by atoms with Gasteiger partial charge in [0.05, 0.1) is 11.4 Å². The molecule has 25 heavy (non-hydrogen) atoms. The second-order valence-corrected chi connectivity index (χ2v) is 7.38. The van der Waals surface area contributed by atoms with E-state index in [0.717, 1.165) is 48.7 Å². The molecule has 0 spiro atoms. The van der Waals surface area contributed by atoms with Gasteiger partial charge in [-0.3, -0.25) is 15.3 Å². The molecule has 0 radical (unpaired) electrons. The molecule has 1 aliphatic carbocycles. The number of aromatic nitrogens is 1. The highest BCUT2D eigenvalue weighted by Gasteiger charge is 2.25. The minimum atomic E-state index is 0.718. The van der Waals surface area contributed by atoms with Crippen LogP contribution in [0.3, 0.4) is 0 Å². The molecule has 6 heteroatoms. The molecule has 0 amide bonds. The summed E-state index contributed by atoms with van der Waals surface area (Å²) in [6.45, 7) is 6.13. The van der Waals surface area contributed by atoms with E-state index in [2.05, 4.69) is 25.3 Å². The highest BCUT2D eigenvalue weighted by atomic mass is 32.1. The van der Waals surface area contributed by atoms with Crippen molar-refractivity contribution in [3.8, 4) is 0 Å². The SMILES string of the molecule is CC(=NNC(=S)N1CCN(C2CCCCCC2)CC1)c1ccccn1. The van der Waals surface area contributed by atoms with Gasteiger partial charge in [-0.2, -0.15) is 5.10 Å². The Labute approximate surface area is 156 Å². The van der Waals surface area contributed by atoms with Crippen LogP contribution in [0.5, 0.6) is 0 Å². The third kappa shape index (κ3) is 5.22. The average molecular weight is 360 g/mol. The second kappa shape index (κ2) is 9.25. The van der Waals surface area contributed by atoms with Crippen LogP contribution in [0.2, 0.25) is 0 Å². The summed E-state index contributed by atoms with van der Waals surface area (Å²) < 4.78 is 0. The van der Waals surface area contributed by atoms with Crippen LogP contribution in [0.25, 0.3) is 0 Å². The van der Waals surface area contributed by atoms with Crippen molar-refractivity contribution in [2.75, 3.05) is 26.2 Å². The highest BCUT2D eigenvalue weighted by Crippen LogP contribution is 2.22. The van der Waals surface area contributed by atoms with Crippen LogP contribution in [-0.4, -0.2) is 57.8 Å². The minimum absolute atomic E-state index is 0.718. The molecule has 2 heterocycles. The van der Waals surface area contributed by atoms with E-state index < -0.39 is 0 Å². The zero-order valence-electron chi connectivity index (χ0n) is 15.2. The smallest absolute Gasteiger partial charge is 0.189 e. The van der Waals surface area contributed by atoms with Gasteiger partial charge >= 0.3 is 0 Å². The largest absolute Gasteiger partial charge is 0.345 e. The normalized spacial score (nSPS) is 21.0. The Hall–Kier alpha value is -1.53. The van der Waals surface area contributed by atoms with Gasteiger partial charge in [-0.1, -0.05) is 31.7 Å². The molecule has 1 saturated heterocycles. The molecular formula is C19H29N5S. The Bertz CT molecular complexity index is 573. The maximum atomic E-state index is 5.53. The molecule has 1 saturated carbocycles. The van der Waals surface area contributed by atoms with Gasteiger partial charge in [-0.05, 0) is 44.1 Å². The summed E-state index contributed by atoms with van der Waals surface area (Å²) in [4.78, 5) is 9.21. The number of rotatable bonds is 3. The first-order valence-corrected chi connectivity index (χ1v) is 9.89. The maximum absolute atomic E-state index is 5.53. The van der Waals surface area contributed by atoms with Crippen LogP contribution in [-0.2, 0) is 0 Å². The third-order valence-electron chi connectivity index (χ3n) is 5.30. The summed E-state index contributed by atoms with van der Waals surface area (Å²) in [6.07, 6.45) is 10.1. The Balaban J connectivity index is 1.46. The fourth-order valence-corrected chi connectivity index (χ4v) is 3.98. The predicted octanol–water partition coefficient (Wildman–Crippen LogP) is 3.02.